The average molecular weight is 307 g/mol. The Bertz CT molecular complexity index is 541. The number of carbonyl (C=O) groups is 1. The largest absolute Gasteiger partial charge is 0.482 e. The second-order valence-corrected chi connectivity index (χ2v) is 4.42. The molecule has 0 saturated heterocycles. The molecule has 0 amide bonds. The fourth-order valence-electron chi connectivity index (χ4n) is 1.34. The van der Waals surface area contributed by atoms with Gasteiger partial charge < -0.3 is 15.2 Å². The van der Waals surface area contributed by atoms with Crippen LogP contribution in [0.2, 0.25) is 0 Å². The maximum Gasteiger partial charge on any atom is 0.341 e. The van der Waals surface area contributed by atoms with Gasteiger partial charge in [-0.25, -0.2) is 4.79 Å². The molecule has 0 atom stereocenters. The lowest BCUT2D eigenvalue weighted by Crippen LogP contribution is -2.32. The standard InChI is InChI=1S/C14H17N3O3S/c1-3-8-15-14(21)17-16-10(2)11-4-6-12(7-5-11)20-9-13(18)19/h3-7H,1,8-9H2,2H3,(H,18,19)(H2,15,17,21)/b16-10-. The summed E-state index contributed by atoms with van der Waals surface area (Å²) >= 11 is 5.01. The van der Waals surface area contributed by atoms with Crippen molar-refractivity contribution < 1.29 is 14.6 Å². The molecule has 0 aromatic heterocycles. The zero-order chi connectivity index (χ0) is 15.7. The van der Waals surface area contributed by atoms with Crippen LogP contribution in [0.25, 0.3) is 0 Å². The molecule has 0 unspecified atom stereocenters. The number of hydrazone groups is 1. The van der Waals surface area contributed by atoms with Crippen LogP contribution in [0.4, 0.5) is 0 Å². The van der Waals surface area contributed by atoms with E-state index >= 15 is 0 Å². The maximum atomic E-state index is 10.4. The van der Waals surface area contributed by atoms with E-state index in [1.54, 1.807) is 30.3 Å². The number of carboxylic acids is 1. The van der Waals surface area contributed by atoms with Gasteiger partial charge in [-0.3, -0.25) is 5.43 Å². The molecule has 1 rings (SSSR count). The lowest BCUT2D eigenvalue weighted by atomic mass is 10.1. The lowest BCUT2D eigenvalue weighted by Gasteiger charge is -2.07. The van der Waals surface area contributed by atoms with Crippen molar-refractivity contribution >= 4 is 29.0 Å². The van der Waals surface area contributed by atoms with Gasteiger partial charge in [0.05, 0.1) is 5.71 Å². The van der Waals surface area contributed by atoms with E-state index in [-0.39, 0.29) is 6.61 Å². The zero-order valence-corrected chi connectivity index (χ0v) is 12.4. The number of thiocarbonyl (C=S) groups is 1. The van der Waals surface area contributed by atoms with E-state index in [9.17, 15) is 4.79 Å². The van der Waals surface area contributed by atoms with E-state index in [2.05, 4.69) is 22.4 Å². The maximum absolute atomic E-state index is 10.4. The molecule has 3 N–H and O–H groups in total. The van der Waals surface area contributed by atoms with Gasteiger partial charge in [0.25, 0.3) is 0 Å². The van der Waals surface area contributed by atoms with Crippen LogP contribution < -0.4 is 15.5 Å². The second kappa shape index (κ2) is 8.70. The van der Waals surface area contributed by atoms with Gasteiger partial charge in [-0.15, -0.1) is 6.58 Å². The summed E-state index contributed by atoms with van der Waals surface area (Å²) in [6.45, 7) is 5.61. The molecule has 0 radical (unpaired) electrons. The number of nitrogens with zero attached hydrogens (tertiary/aromatic N) is 1. The molecule has 6 nitrogen and oxygen atoms in total. The van der Waals surface area contributed by atoms with Crippen molar-refractivity contribution in [2.24, 2.45) is 5.10 Å². The number of hydrogen-bond donors (Lipinski definition) is 3. The highest BCUT2D eigenvalue weighted by atomic mass is 32.1. The number of carboxylic acid groups (broad SMARTS) is 1. The summed E-state index contributed by atoms with van der Waals surface area (Å²) < 4.78 is 5.05. The first kappa shape index (κ1) is 16.6. The average Bonchev–Trinajstić information content (AvgIpc) is 2.49. The molecule has 0 aliphatic heterocycles. The minimum atomic E-state index is -1.01. The minimum Gasteiger partial charge on any atom is -0.482 e. The summed E-state index contributed by atoms with van der Waals surface area (Å²) in [5, 5.41) is 16.0. The topological polar surface area (TPSA) is 83.0 Å². The Balaban J connectivity index is 2.57. The third kappa shape index (κ3) is 6.53. The zero-order valence-electron chi connectivity index (χ0n) is 11.6. The summed E-state index contributed by atoms with van der Waals surface area (Å²) in [6.07, 6.45) is 1.69. The van der Waals surface area contributed by atoms with Crippen molar-refractivity contribution in [3.63, 3.8) is 0 Å². The van der Waals surface area contributed by atoms with E-state index in [1.807, 2.05) is 6.92 Å². The van der Waals surface area contributed by atoms with Crippen LogP contribution in [-0.2, 0) is 4.79 Å². The third-order valence-electron chi connectivity index (χ3n) is 2.37. The van der Waals surface area contributed by atoms with Gasteiger partial charge in [0.1, 0.15) is 5.75 Å². The molecule has 0 aliphatic rings. The molecule has 0 heterocycles. The molecular weight excluding hydrogens is 290 g/mol. The number of nitrogens with one attached hydrogen (secondary N) is 2. The fourth-order valence-corrected chi connectivity index (χ4v) is 1.47. The molecule has 0 saturated carbocycles. The SMILES string of the molecule is C=CCNC(=S)N/N=C(/C)c1ccc(OCC(=O)O)cc1. The van der Waals surface area contributed by atoms with Crippen LogP contribution >= 0.6 is 12.2 Å². The summed E-state index contributed by atoms with van der Waals surface area (Å²) in [4.78, 5) is 10.4. The Morgan fingerprint density at radius 1 is 1.48 bits per heavy atom. The Kier molecular flexibility index (Phi) is 6.90. The van der Waals surface area contributed by atoms with Crippen LogP contribution in [0.5, 0.6) is 5.75 Å². The quantitative estimate of drug-likeness (QED) is 0.307. The number of rotatable bonds is 7. The first-order chi connectivity index (χ1) is 10.0. The van der Waals surface area contributed by atoms with Crippen molar-refractivity contribution in [1.82, 2.24) is 10.7 Å². The van der Waals surface area contributed by atoms with Crippen LogP contribution in [0.1, 0.15) is 12.5 Å². The monoisotopic (exact) mass is 307 g/mol. The first-order valence-electron chi connectivity index (χ1n) is 6.17. The third-order valence-corrected chi connectivity index (χ3v) is 2.60. The van der Waals surface area contributed by atoms with Gasteiger partial charge >= 0.3 is 5.97 Å². The molecule has 7 heteroatoms. The van der Waals surface area contributed by atoms with Gasteiger partial charge in [0.2, 0.25) is 0 Å². The molecule has 112 valence electrons. The predicted octanol–water partition coefficient (Wildman–Crippen LogP) is 1.52. The normalized spacial score (nSPS) is 10.6. The van der Waals surface area contributed by atoms with E-state index in [0.29, 0.717) is 17.4 Å². The highest BCUT2D eigenvalue weighted by molar-refractivity contribution is 7.80. The van der Waals surface area contributed by atoms with E-state index in [0.717, 1.165) is 11.3 Å². The molecular formula is C14H17N3O3S. The van der Waals surface area contributed by atoms with Crippen LogP contribution in [0, 0.1) is 0 Å². The van der Waals surface area contributed by atoms with Gasteiger partial charge in [-0.2, -0.15) is 5.10 Å². The van der Waals surface area contributed by atoms with Crippen molar-refractivity contribution in [3.05, 3.63) is 42.5 Å². The second-order valence-electron chi connectivity index (χ2n) is 4.01. The van der Waals surface area contributed by atoms with Crippen molar-refractivity contribution in [2.45, 2.75) is 6.92 Å². The van der Waals surface area contributed by atoms with Gasteiger partial charge in [0, 0.05) is 6.54 Å². The lowest BCUT2D eigenvalue weighted by molar-refractivity contribution is -0.139. The molecule has 1 aromatic rings. The minimum absolute atomic E-state index is 0.364. The summed E-state index contributed by atoms with van der Waals surface area (Å²) in [7, 11) is 0. The highest BCUT2D eigenvalue weighted by Gasteiger charge is 2.01. The summed E-state index contributed by atoms with van der Waals surface area (Å²) in [5.41, 5.74) is 4.33. The first-order valence-corrected chi connectivity index (χ1v) is 6.58. The Labute approximate surface area is 128 Å². The molecule has 1 aromatic carbocycles. The number of aliphatic carboxylic acids is 1. The molecule has 21 heavy (non-hydrogen) atoms. The Hall–Kier alpha value is -2.41. The van der Waals surface area contributed by atoms with Crippen molar-refractivity contribution in [2.75, 3.05) is 13.2 Å². The number of hydrogen-bond acceptors (Lipinski definition) is 4. The highest BCUT2D eigenvalue weighted by Crippen LogP contribution is 2.12. The summed E-state index contributed by atoms with van der Waals surface area (Å²) in [6, 6.07) is 6.95. The van der Waals surface area contributed by atoms with Gasteiger partial charge in [-0.05, 0) is 49.0 Å². The number of benzene rings is 1. The van der Waals surface area contributed by atoms with Gasteiger partial charge in [0.15, 0.2) is 11.7 Å². The fraction of sp³-hybridized carbons (Fsp3) is 0.214. The van der Waals surface area contributed by atoms with E-state index in [1.165, 1.54) is 0 Å². The molecule has 0 fully saturated rings. The van der Waals surface area contributed by atoms with E-state index in [4.69, 9.17) is 22.1 Å². The molecule has 0 bridgehead atoms. The van der Waals surface area contributed by atoms with Crippen LogP contribution in [0.15, 0.2) is 42.0 Å². The smallest absolute Gasteiger partial charge is 0.341 e. The molecule has 0 aliphatic carbocycles. The van der Waals surface area contributed by atoms with E-state index < -0.39 is 5.97 Å². The number of ether oxygens (including phenoxy) is 1. The van der Waals surface area contributed by atoms with Crippen molar-refractivity contribution in [3.8, 4) is 5.75 Å². The van der Waals surface area contributed by atoms with Crippen molar-refractivity contribution in [1.29, 1.82) is 0 Å². The molecule has 0 spiro atoms. The van der Waals surface area contributed by atoms with Gasteiger partial charge in [-0.1, -0.05) is 6.08 Å². The van der Waals surface area contributed by atoms with Crippen LogP contribution in [-0.4, -0.2) is 35.1 Å². The Morgan fingerprint density at radius 2 is 2.14 bits per heavy atom. The predicted molar refractivity (Wildman–Crippen MR) is 85.7 cm³/mol. The Morgan fingerprint density at radius 3 is 2.71 bits per heavy atom. The van der Waals surface area contributed by atoms with Crippen LogP contribution in [0.3, 0.4) is 0 Å². The summed E-state index contributed by atoms with van der Waals surface area (Å²) in [5.74, 6) is -0.522.